The molecule has 19 heavy (non-hydrogen) atoms. The van der Waals surface area contributed by atoms with E-state index in [1.165, 1.54) is 15.6 Å². The van der Waals surface area contributed by atoms with Crippen molar-refractivity contribution >= 4 is 21.4 Å². The van der Waals surface area contributed by atoms with Gasteiger partial charge in [-0.05, 0) is 31.7 Å². The van der Waals surface area contributed by atoms with E-state index in [0.717, 1.165) is 22.6 Å². The maximum Gasteiger partial charge on any atom is 0.245 e. The van der Waals surface area contributed by atoms with Gasteiger partial charge in [0, 0.05) is 22.8 Å². The van der Waals surface area contributed by atoms with Gasteiger partial charge in [-0.2, -0.15) is 4.31 Å². The van der Waals surface area contributed by atoms with Crippen LogP contribution >= 0.6 is 11.3 Å². The van der Waals surface area contributed by atoms with E-state index in [4.69, 9.17) is 12.2 Å². The number of sulfonamides is 1. The van der Waals surface area contributed by atoms with E-state index in [9.17, 15) is 8.42 Å². The summed E-state index contributed by atoms with van der Waals surface area (Å²) in [5, 5.41) is 0. The van der Waals surface area contributed by atoms with Gasteiger partial charge in [-0.25, -0.2) is 8.42 Å². The molecule has 0 atom stereocenters. The molecule has 1 fully saturated rings. The second kappa shape index (κ2) is 5.63. The van der Waals surface area contributed by atoms with Crippen LogP contribution in [-0.4, -0.2) is 25.8 Å². The van der Waals surface area contributed by atoms with Crippen molar-refractivity contribution in [3.63, 3.8) is 0 Å². The molecule has 2 rings (SSSR count). The number of aryl methyl sites for hydroxylation is 1. The van der Waals surface area contributed by atoms with Crippen molar-refractivity contribution in [1.82, 2.24) is 4.31 Å². The van der Waals surface area contributed by atoms with Gasteiger partial charge in [0.25, 0.3) is 0 Å². The Labute approximate surface area is 118 Å². The molecule has 0 radical (unpaired) electrons. The summed E-state index contributed by atoms with van der Waals surface area (Å²) in [6.45, 7) is 2.83. The molecular formula is C13H18N2O2S2. The van der Waals surface area contributed by atoms with Crippen molar-refractivity contribution in [3.8, 4) is 12.3 Å². The molecule has 0 spiro atoms. The number of thiophene rings is 1. The predicted octanol–water partition coefficient (Wildman–Crippen LogP) is 1.55. The van der Waals surface area contributed by atoms with Crippen LogP contribution in [0.2, 0.25) is 0 Å². The largest absolute Gasteiger partial charge is 0.326 e. The minimum absolute atomic E-state index is 0.131. The van der Waals surface area contributed by atoms with Crippen molar-refractivity contribution < 1.29 is 8.42 Å². The van der Waals surface area contributed by atoms with Crippen molar-refractivity contribution in [2.75, 3.05) is 13.1 Å². The third-order valence-corrected chi connectivity index (χ3v) is 6.31. The van der Waals surface area contributed by atoms with Gasteiger partial charge in [0.15, 0.2) is 0 Å². The fraction of sp³-hybridized carbons (Fsp3) is 0.538. The van der Waals surface area contributed by atoms with Gasteiger partial charge < -0.3 is 5.73 Å². The number of nitrogens with two attached hydrogens (primary N) is 1. The molecule has 0 unspecified atom stereocenters. The van der Waals surface area contributed by atoms with Crippen molar-refractivity contribution in [1.29, 1.82) is 0 Å². The summed E-state index contributed by atoms with van der Waals surface area (Å²) >= 11 is 1.43. The fourth-order valence-corrected chi connectivity index (χ4v) is 4.87. The molecule has 0 aliphatic heterocycles. The zero-order valence-corrected chi connectivity index (χ0v) is 12.6. The summed E-state index contributed by atoms with van der Waals surface area (Å²) in [6.07, 6.45) is 7.48. The van der Waals surface area contributed by atoms with E-state index >= 15 is 0 Å². The highest BCUT2D eigenvalue weighted by molar-refractivity contribution is 7.89. The monoisotopic (exact) mass is 298 g/mol. The van der Waals surface area contributed by atoms with E-state index in [1.807, 2.05) is 6.92 Å². The molecule has 2 N–H and O–H groups in total. The van der Waals surface area contributed by atoms with Crippen LogP contribution in [0.25, 0.3) is 0 Å². The zero-order chi connectivity index (χ0) is 14.0. The van der Waals surface area contributed by atoms with Crippen molar-refractivity contribution in [2.24, 2.45) is 11.7 Å². The topological polar surface area (TPSA) is 63.4 Å². The van der Waals surface area contributed by atoms with Crippen LogP contribution in [0, 0.1) is 25.2 Å². The molecule has 0 bridgehead atoms. The molecule has 6 heteroatoms. The SMILES string of the molecule is C#CCN(CC1CC1)S(=O)(=O)c1cc(CN)sc1C. The average Bonchev–Trinajstić information content (AvgIpc) is 3.09. The lowest BCUT2D eigenvalue weighted by atomic mass is 10.4. The summed E-state index contributed by atoms with van der Waals surface area (Å²) in [5.74, 6) is 2.91. The summed E-state index contributed by atoms with van der Waals surface area (Å²) in [7, 11) is -3.49. The first kappa shape index (κ1) is 14.5. The molecule has 4 nitrogen and oxygen atoms in total. The molecule has 104 valence electrons. The summed E-state index contributed by atoms with van der Waals surface area (Å²) in [4.78, 5) is 2.01. The van der Waals surface area contributed by atoms with Gasteiger partial charge in [0.05, 0.1) is 11.4 Å². The van der Waals surface area contributed by atoms with Crippen LogP contribution in [0.1, 0.15) is 22.6 Å². The zero-order valence-electron chi connectivity index (χ0n) is 10.9. The first-order chi connectivity index (χ1) is 8.98. The smallest absolute Gasteiger partial charge is 0.245 e. The lowest BCUT2D eigenvalue weighted by Crippen LogP contribution is -2.33. The Kier molecular flexibility index (Phi) is 4.31. The van der Waals surface area contributed by atoms with Crippen LogP contribution in [0.3, 0.4) is 0 Å². The molecule has 1 aromatic rings. The Hall–Kier alpha value is -0.870. The van der Waals surface area contributed by atoms with Crippen LogP contribution < -0.4 is 5.73 Å². The Balaban J connectivity index is 2.31. The summed E-state index contributed by atoms with van der Waals surface area (Å²) < 4.78 is 26.7. The molecule has 0 amide bonds. The second-order valence-corrected chi connectivity index (χ2v) is 8.03. The van der Waals surface area contributed by atoms with Crippen LogP contribution in [0.4, 0.5) is 0 Å². The Morgan fingerprint density at radius 3 is 2.74 bits per heavy atom. The minimum atomic E-state index is -3.49. The maximum absolute atomic E-state index is 12.6. The van der Waals surface area contributed by atoms with Gasteiger partial charge in [-0.15, -0.1) is 17.8 Å². The maximum atomic E-state index is 12.6. The van der Waals surface area contributed by atoms with E-state index in [-0.39, 0.29) is 6.54 Å². The van der Waals surface area contributed by atoms with Gasteiger partial charge in [-0.1, -0.05) is 5.92 Å². The molecule has 1 aliphatic rings. The minimum Gasteiger partial charge on any atom is -0.326 e. The molecule has 1 heterocycles. The molecule has 0 aromatic carbocycles. The molecule has 1 aliphatic carbocycles. The first-order valence-corrected chi connectivity index (χ1v) is 8.47. The molecular weight excluding hydrogens is 280 g/mol. The highest BCUT2D eigenvalue weighted by Crippen LogP contribution is 2.33. The van der Waals surface area contributed by atoms with E-state index < -0.39 is 10.0 Å². The average molecular weight is 298 g/mol. The normalized spacial score (nSPS) is 15.7. The van der Waals surface area contributed by atoms with E-state index in [2.05, 4.69) is 5.92 Å². The second-order valence-electron chi connectivity index (χ2n) is 4.78. The van der Waals surface area contributed by atoms with Crippen LogP contribution in [0.5, 0.6) is 0 Å². The standard InChI is InChI=1S/C13H18N2O2S2/c1-3-6-15(9-11-4-5-11)19(16,17)13-7-12(8-14)18-10(13)2/h1,7,11H,4-6,8-9,14H2,2H3. The van der Waals surface area contributed by atoms with Crippen LogP contribution in [-0.2, 0) is 16.6 Å². The Morgan fingerprint density at radius 1 is 1.58 bits per heavy atom. The summed E-state index contributed by atoms with van der Waals surface area (Å²) in [5.41, 5.74) is 5.57. The highest BCUT2D eigenvalue weighted by Gasteiger charge is 2.32. The third-order valence-electron chi connectivity index (χ3n) is 3.17. The van der Waals surface area contributed by atoms with Gasteiger partial charge in [-0.3, -0.25) is 0 Å². The fourth-order valence-electron chi connectivity index (χ4n) is 1.96. The number of rotatable bonds is 6. The third kappa shape index (κ3) is 3.18. The quantitative estimate of drug-likeness (QED) is 0.811. The van der Waals surface area contributed by atoms with Crippen LogP contribution in [0.15, 0.2) is 11.0 Å². The van der Waals surface area contributed by atoms with E-state index in [1.54, 1.807) is 6.07 Å². The predicted molar refractivity (Wildman–Crippen MR) is 77.3 cm³/mol. The highest BCUT2D eigenvalue weighted by atomic mass is 32.2. The number of hydrogen-bond donors (Lipinski definition) is 1. The number of terminal acetylenes is 1. The van der Waals surface area contributed by atoms with Crippen molar-refractivity contribution in [3.05, 3.63) is 15.8 Å². The molecule has 1 saturated carbocycles. The Bertz CT molecular complexity index is 595. The number of nitrogens with zero attached hydrogens (tertiary/aromatic N) is 1. The summed E-state index contributed by atoms with van der Waals surface area (Å²) in [6, 6.07) is 1.67. The van der Waals surface area contributed by atoms with Crippen molar-refractivity contribution in [2.45, 2.75) is 31.2 Å². The molecule has 0 saturated heterocycles. The molecule has 1 aromatic heterocycles. The lowest BCUT2D eigenvalue weighted by molar-refractivity contribution is 0.430. The Morgan fingerprint density at radius 2 is 2.26 bits per heavy atom. The van der Waals surface area contributed by atoms with Gasteiger partial charge >= 0.3 is 0 Å². The van der Waals surface area contributed by atoms with E-state index in [0.29, 0.717) is 23.9 Å². The van der Waals surface area contributed by atoms with Gasteiger partial charge in [0.1, 0.15) is 0 Å². The first-order valence-electron chi connectivity index (χ1n) is 6.22. The number of hydrogen-bond acceptors (Lipinski definition) is 4. The lowest BCUT2D eigenvalue weighted by Gasteiger charge is -2.19. The van der Waals surface area contributed by atoms with Gasteiger partial charge in [0.2, 0.25) is 10.0 Å².